The van der Waals surface area contributed by atoms with Crippen LogP contribution in [0.3, 0.4) is 0 Å². The summed E-state index contributed by atoms with van der Waals surface area (Å²) >= 11 is 6.41. The van der Waals surface area contributed by atoms with Crippen LogP contribution in [0.25, 0.3) is 11.1 Å². The number of halogens is 1. The molecular weight excluding hydrogens is 442 g/mol. The molecule has 0 fully saturated rings. The summed E-state index contributed by atoms with van der Waals surface area (Å²) in [4.78, 5) is 28.4. The molecule has 33 heavy (non-hydrogen) atoms. The first-order chi connectivity index (χ1) is 15.9. The SMILES string of the molecule is CCCCc1nc(Cl)c(C(N)C(=O)OCC)n1Cc1ccc(-c2ccccc2C(=O)O)cc1. The van der Waals surface area contributed by atoms with Crippen LogP contribution in [-0.2, 0) is 22.5 Å². The van der Waals surface area contributed by atoms with E-state index in [0.717, 1.165) is 29.8 Å². The van der Waals surface area contributed by atoms with Crippen molar-refractivity contribution in [3.63, 3.8) is 0 Å². The molecule has 0 spiro atoms. The highest BCUT2D eigenvalue weighted by Crippen LogP contribution is 2.28. The predicted molar refractivity (Wildman–Crippen MR) is 127 cm³/mol. The molecule has 3 aromatic rings. The molecule has 0 saturated carbocycles. The number of nitrogens with two attached hydrogens (primary N) is 1. The quantitative estimate of drug-likeness (QED) is 0.411. The number of carboxylic acid groups (broad SMARTS) is 1. The van der Waals surface area contributed by atoms with E-state index in [4.69, 9.17) is 22.1 Å². The molecule has 7 nitrogen and oxygen atoms in total. The number of hydrogen-bond acceptors (Lipinski definition) is 5. The molecule has 1 aromatic heterocycles. The predicted octanol–water partition coefficient (Wildman–Crippen LogP) is 4.86. The lowest BCUT2D eigenvalue weighted by atomic mass is 9.98. The van der Waals surface area contributed by atoms with Gasteiger partial charge < -0.3 is 20.1 Å². The van der Waals surface area contributed by atoms with Crippen molar-refractivity contribution in [2.24, 2.45) is 5.73 Å². The normalized spacial score (nSPS) is 11.9. The molecule has 0 radical (unpaired) electrons. The summed E-state index contributed by atoms with van der Waals surface area (Å²) in [6.07, 6.45) is 2.61. The lowest BCUT2D eigenvalue weighted by Crippen LogP contribution is -2.27. The van der Waals surface area contributed by atoms with Gasteiger partial charge in [0.1, 0.15) is 11.9 Å². The van der Waals surface area contributed by atoms with Crippen molar-refractivity contribution in [1.29, 1.82) is 0 Å². The van der Waals surface area contributed by atoms with E-state index in [9.17, 15) is 14.7 Å². The van der Waals surface area contributed by atoms with Gasteiger partial charge in [-0.05, 0) is 36.1 Å². The van der Waals surface area contributed by atoms with Gasteiger partial charge in [0, 0.05) is 13.0 Å². The average molecular weight is 470 g/mol. The number of aromatic nitrogens is 2. The lowest BCUT2D eigenvalue weighted by molar-refractivity contribution is -0.145. The molecular formula is C25H28ClN3O4. The number of hydrogen-bond donors (Lipinski definition) is 2. The van der Waals surface area contributed by atoms with Gasteiger partial charge in [-0.25, -0.2) is 14.6 Å². The number of carboxylic acids is 1. The van der Waals surface area contributed by atoms with Crippen LogP contribution in [0.4, 0.5) is 0 Å². The number of aryl methyl sites for hydroxylation is 1. The van der Waals surface area contributed by atoms with Crippen LogP contribution in [0.1, 0.15) is 60.2 Å². The van der Waals surface area contributed by atoms with Crippen molar-refractivity contribution in [2.45, 2.75) is 45.7 Å². The van der Waals surface area contributed by atoms with Gasteiger partial charge in [-0.15, -0.1) is 0 Å². The Morgan fingerprint density at radius 2 is 1.85 bits per heavy atom. The van der Waals surface area contributed by atoms with Gasteiger partial charge in [0.2, 0.25) is 0 Å². The second kappa shape index (κ2) is 11.1. The maximum Gasteiger partial charge on any atom is 0.336 e. The Kier molecular flexibility index (Phi) is 8.25. The topological polar surface area (TPSA) is 107 Å². The van der Waals surface area contributed by atoms with Crippen molar-refractivity contribution >= 4 is 23.5 Å². The molecule has 0 bridgehead atoms. The Balaban J connectivity index is 1.95. The molecule has 1 unspecified atom stereocenters. The van der Waals surface area contributed by atoms with Gasteiger partial charge in [-0.1, -0.05) is 67.4 Å². The van der Waals surface area contributed by atoms with Crippen LogP contribution in [0.15, 0.2) is 48.5 Å². The highest BCUT2D eigenvalue weighted by molar-refractivity contribution is 6.30. The molecule has 3 rings (SSSR count). The fraction of sp³-hybridized carbons (Fsp3) is 0.320. The minimum atomic E-state index is -1.04. The second-order valence-electron chi connectivity index (χ2n) is 7.67. The second-order valence-corrected chi connectivity index (χ2v) is 8.03. The molecule has 0 aliphatic heterocycles. The van der Waals surface area contributed by atoms with Crippen LogP contribution < -0.4 is 5.73 Å². The lowest BCUT2D eigenvalue weighted by Gasteiger charge is -2.17. The number of nitrogens with zero attached hydrogens (tertiary/aromatic N) is 2. The molecule has 0 aliphatic rings. The number of ether oxygens (including phenoxy) is 1. The summed E-state index contributed by atoms with van der Waals surface area (Å²) in [7, 11) is 0. The number of benzene rings is 2. The van der Waals surface area contributed by atoms with E-state index in [1.54, 1.807) is 25.1 Å². The van der Waals surface area contributed by atoms with E-state index in [-0.39, 0.29) is 17.3 Å². The molecule has 3 N–H and O–H groups in total. The smallest absolute Gasteiger partial charge is 0.336 e. The van der Waals surface area contributed by atoms with Crippen LogP contribution in [-0.4, -0.2) is 33.2 Å². The number of esters is 1. The minimum Gasteiger partial charge on any atom is -0.478 e. The molecule has 0 saturated heterocycles. The molecule has 8 heteroatoms. The average Bonchev–Trinajstić information content (AvgIpc) is 3.12. The maximum absolute atomic E-state index is 12.3. The molecule has 0 amide bonds. The Bertz CT molecular complexity index is 1130. The summed E-state index contributed by atoms with van der Waals surface area (Å²) in [6.45, 7) is 4.45. The van der Waals surface area contributed by atoms with Crippen LogP contribution >= 0.6 is 11.6 Å². The summed E-state index contributed by atoms with van der Waals surface area (Å²) in [6, 6.07) is 13.5. The first-order valence-corrected chi connectivity index (χ1v) is 11.3. The third kappa shape index (κ3) is 5.61. The van der Waals surface area contributed by atoms with Gasteiger partial charge in [-0.3, -0.25) is 0 Å². The number of aromatic carboxylic acids is 1. The molecule has 2 aromatic carbocycles. The van der Waals surface area contributed by atoms with E-state index in [1.807, 2.05) is 34.9 Å². The molecule has 174 valence electrons. The van der Waals surface area contributed by atoms with Crippen molar-refractivity contribution in [1.82, 2.24) is 9.55 Å². The maximum atomic E-state index is 12.3. The standard InChI is InChI=1S/C25H28ClN3O4/c1-3-5-10-20-28-23(26)22(21(27)25(32)33-4-2)29(20)15-16-11-13-17(14-12-16)18-8-6-7-9-19(18)24(30)31/h6-9,11-14,21H,3-5,10,15,27H2,1-2H3,(H,30,31). The molecule has 1 heterocycles. The largest absolute Gasteiger partial charge is 0.478 e. The van der Waals surface area contributed by atoms with E-state index in [2.05, 4.69) is 11.9 Å². The van der Waals surface area contributed by atoms with Crippen LogP contribution in [0, 0.1) is 0 Å². The monoisotopic (exact) mass is 469 g/mol. The Morgan fingerprint density at radius 3 is 2.48 bits per heavy atom. The Hall–Kier alpha value is -3.16. The number of imidazole rings is 1. The first kappa shape index (κ1) is 24.5. The number of carbonyl (C=O) groups excluding carboxylic acids is 1. The fourth-order valence-corrected chi connectivity index (χ4v) is 4.03. The third-order valence-corrected chi connectivity index (χ3v) is 5.67. The minimum absolute atomic E-state index is 0.202. The summed E-state index contributed by atoms with van der Waals surface area (Å²) in [5, 5.41) is 9.68. The molecule has 1 atom stereocenters. The highest BCUT2D eigenvalue weighted by Gasteiger charge is 2.27. The zero-order valence-electron chi connectivity index (χ0n) is 18.8. The van der Waals surface area contributed by atoms with E-state index >= 15 is 0 Å². The summed E-state index contributed by atoms with van der Waals surface area (Å²) < 4.78 is 6.98. The fourth-order valence-electron chi connectivity index (χ4n) is 3.72. The number of unbranched alkanes of at least 4 members (excludes halogenated alkanes) is 1. The van der Waals surface area contributed by atoms with Gasteiger partial charge in [-0.2, -0.15) is 0 Å². The van der Waals surface area contributed by atoms with Crippen LogP contribution in [0.2, 0.25) is 5.15 Å². The Morgan fingerprint density at radius 1 is 1.15 bits per heavy atom. The van der Waals surface area contributed by atoms with E-state index in [1.165, 1.54) is 0 Å². The van der Waals surface area contributed by atoms with Crippen LogP contribution in [0.5, 0.6) is 0 Å². The number of carbonyl (C=O) groups is 2. The summed E-state index contributed by atoms with van der Waals surface area (Å²) in [5.74, 6) is -0.763. The van der Waals surface area contributed by atoms with E-state index in [0.29, 0.717) is 24.2 Å². The van der Waals surface area contributed by atoms with Crippen molar-refractivity contribution < 1.29 is 19.4 Å². The number of rotatable bonds is 10. The summed E-state index contributed by atoms with van der Waals surface area (Å²) in [5.41, 5.74) is 9.26. The molecule has 0 aliphatic carbocycles. The zero-order valence-corrected chi connectivity index (χ0v) is 19.5. The third-order valence-electron chi connectivity index (χ3n) is 5.39. The van der Waals surface area contributed by atoms with Gasteiger partial charge in [0.25, 0.3) is 0 Å². The highest BCUT2D eigenvalue weighted by atomic mass is 35.5. The van der Waals surface area contributed by atoms with Crippen molar-refractivity contribution in [3.05, 3.63) is 76.3 Å². The van der Waals surface area contributed by atoms with E-state index < -0.39 is 18.0 Å². The van der Waals surface area contributed by atoms with Gasteiger partial charge in [0.05, 0.1) is 17.9 Å². The zero-order chi connectivity index (χ0) is 24.0. The van der Waals surface area contributed by atoms with Crippen molar-refractivity contribution in [3.8, 4) is 11.1 Å². The Labute approximate surface area is 198 Å². The van der Waals surface area contributed by atoms with Crippen molar-refractivity contribution in [2.75, 3.05) is 6.61 Å². The van der Waals surface area contributed by atoms with Gasteiger partial charge in [0.15, 0.2) is 5.15 Å². The first-order valence-electron chi connectivity index (χ1n) is 11.0. The van der Waals surface area contributed by atoms with Gasteiger partial charge >= 0.3 is 11.9 Å².